The minimum absolute atomic E-state index is 0.183. The van der Waals surface area contributed by atoms with Crippen molar-refractivity contribution in [3.05, 3.63) is 89.5 Å². The average molecular weight is 439 g/mol. The van der Waals surface area contributed by atoms with E-state index in [-0.39, 0.29) is 16.8 Å². The van der Waals surface area contributed by atoms with Crippen LogP contribution in [0.3, 0.4) is 0 Å². The summed E-state index contributed by atoms with van der Waals surface area (Å²) in [5.74, 6) is 0.530. The number of hydrogen-bond acceptors (Lipinski definition) is 4. The second-order valence-electron chi connectivity index (χ2n) is 7.45. The molecule has 3 aromatic carbocycles. The van der Waals surface area contributed by atoms with E-state index >= 15 is 0 Å². The quantitative estimate of drug-likeness (QED) is 0.549. The zero-order valence-electron chi connectivity index (χ0n) is 17.8. The second kappa shape index (κ2) is 9.66. The van der Waals surface area contributed by atoms with Gasteiger partial charge >= 0.3 is 0 Å². The molecule has 0 radical (unpaired) electrons. The first-order chi connectivity index (χ1) is 14.7. The number of sulfonamides is 1. The molecule has 1 atom stereocenters. The van der Waals surface area contributed by atoms with Crippen molar-refractivity contribution in [2.75, 3.05) is 11.3 Å². The molecule has 2 N–H and O–H groups in total. The highest BCUT2D eigenvalue weighted by atomic mass is 32.2. The van der Waals surface area contributed by atoms with Crippen molar-refractivity contribution in [3.8, 4) is 5.75 Å². The van der Waals surface area contributed by atoms with Crippen LogP contribution in [0.5, 0.6) is 5.75 Å². The van der Waals surface area contributed by atoms with Crippen LogP contribution in [0.2, 0.25) is 0 Å². The highest BCUT2D eigenvalue weighted by Crippen LogP contribution is 2.18. The predicted molar refractivity (Wildman–Crippen MR) is 122 cm³/mol. The standard InChI is InChI=1S/C24H26N2O4S/c1-17-8-14-22(15-9-17)31(28,29)26-21-12-10-20(11-13-21)24(27)25-19(3)16-30-23-7-5-4-6-18(23)2/h4-15,19,26H,16H2,1-3H3,(H,25,27)/t19-/m0/s1. The van der Waals surface area contributed by atoms with Crippen LogP contribution >= 0.6 is 0 Å². The molecular weight excluding hydrogens is 412 g/mol. The largest absolute Gasteiger partial charge is 0.491 e. The van der Waals surface area contributed by atoms with E-state index < -0.39 is 10.0 Å². The fourth-order valence-electron chi connectivity index (χ4n) is 2.90. The Morgan fingerprint density at radius 3 is 2.23 bits per heavy atom. The number of carbonyl (C=O) groups excluding carboxylic acids is 1. The van der Waals surface area contributed by atoms with Gasteiger partial charge in [0.15, 0.2) is 0 Å². The molecular formula is C24H26N2O4S. The molecule has 6 nitrogen and oxygen atoms in total. The topological polar surface area (TPSA) is 84.5 Å². The Bertz CT molecular complexity index is 1140. The molecule has 7 heteroatoms. The molecule has 0 saturated heterocycles. The molecule has 0 heterocycles. The minimum atomic E-state index is -3.69. The van der Waals surface area contributed by atoms with Crippen molar-refractivity contribution in [1.82, 2.24) is 5.32 Å². The van der Waals surface area contributed by atoms with Crippen molar-refractivity contribution in [3.63, 3.8) is 0 Å². The number of ether oxygens (including phenoxy) is 1. The van der Waals surface area contributed by atoms with Gasteiger partial charge in [-0.25, -0.2) is 8.42 Å². The Morgan fingerprint density at radius 1 is 0.935 bits per heavy atom. The maximum absolute atomic E-state index is 12.5. The molecule has 3 rings (SSSR count). The lowest BCUT2D eigenvalue weighted by molar-refractivity contribution is 0.0926. The molecule has 0 aliphatic heterocycles. The molecule has 0 aromatic heterocycles. The summed E-state index contributed by atoms with van der Waals surface area (Å²) in [6, 6.07) is 20.4. The van der Waals surface area contributed by atoms with Crippen molar-refractivity contribution < 1.29 is 17.9 Å². The number of para-hydroxylation sites is 1. The van der Waals surface area contributed by atoms with E-state index in [1.807, 2.05) is 45.0 Å². The highest BCUT2D eigenvalue weighted by molar-refractivity contribution is 7.92. The lowest BCUT2D eigenvalue weighted by atomic mass is 10.2. The van der Waals surface area contributed by atoms with Crippen LogP contribution in [-0.4, -0.2) is 27.0 Å². The molecule has 0 aliphatic rings. The van der Waals surface area contributed by atoms with Crippen LogP contribution in [0.4, 0.5) is 5.69 Å². The van der Waals surface area contributed by atoms with E-state index in [4.69, 9.17) is 4.74 Å². The van der Waals surface area contributed by atoms with Gasteiger partial charge in [-0.15, -0.1) is 0 Å². The summed E-state index contributed by atoms with van der Waals surface area (Å²) in [5.41, 5.74) is 2.83. The third kappa shape index (κ3) is 6.08. The number of amides is 1. The zero-order chi connectivity index (χ0) is 22.4. The number of carbonyl (C=O) groups is 1. The third-order valence-corrected chi connectivity index (χ3v) is 6.09. The Labute approximate surface area is 183 Å². The first-order valence-corrected chi connectivity index (χ1v) is 11.4. The van der Waals surface area contributed by atoms with Crippen LogP contribution < -0.4 is 14.8 Å². The first-order valence-electron chi connectivity index (χ1n) is 9.93. The normalized spacial score (nSPS) is 12.1. The van der Waals surface area contributed by atoms with Crippen molar-refractivity contribution >= 4 is 21.6 Å². The van der Waals surface area contributed by atoms with E-state index in [1.54, 1.807) is 48.5 Å². The molecule has 0 fully saturated rings. The smallest absolute Gasteiger partial charge is 0.261 e. The Morgan fingerprint density at radius 2 is 1.58 bits per heavy atom. The molecule has 0 spiro atoms. The van der Waals surface area contributed by atoms with Crippen LogP contribution in [0.15, 0.2) is 77.7 Å². The number of hydrogen-bond donors (Lipinski definition) is 2. The van der Waals surface area contributed by atoms with Gasteiger partial charge < -0.3 is 10.1 Å². The number of anilines is 1. The lowest BCUT2D eigenvalue weighted by Gasteiger charge is -2.16. The summed E-state index contributed by atoms with van der Waals surface area (Å²) in [6.45, 7) is 6.06. The number of benzene rings is 3. The van der Waals surface area contributed by atoms with Gasteiger partial charge in [-0.1, -0.05) is 35.9 Å². The van der Waals surface area contributed by atoms with Gasteiger partial charge in [0, 0.05) is 11.3 Å². The third-order valence-electron chi connectivity index (χ3n) is 4.69. The SMILES string of the molecule is Cc1ccc(S(=O)(=O)Nc2ccc(C(=O)N[C@@H](C)COc3ccccc3C)cc2)cc1. The summed E-state index contributed by atoms with van der Waals surface area (Å²) >= 11 is 0. The Kier molecular flexibility index (Phi) is 6.97. The minimum Gasteiger partial charge on any atom is -0.491 e. The second-order valence-corrected chi connectivity index (χ2v) is 9.13. The van der Waals surface area contributed by atoms with Crippen LogP contribution in [0.25, 0.3) is 0 Å². The molecule has 3 aromatic rings. The van der Waals surface area contributed by atoms with E-state index in [0.29, 0.717) is 17.9 Å². The maximum Gasteiger partial charge on any atom is 0.261 e. The van der Waals surface area contributed by atoms with Gasteiger partial charge in [0.05, 0.1) is 10.9 Å². The Hall–Kier alpha value is -3.32. The van der Waals surface area contributed by atoms with Gasteiger partial charge in [0.25, 0.3) is 15.9 Å². The van der Waals surface area contributed by atoms with E-state index in [1.165, 1.54) is 0 Å². The number of aryl methyl sites for hydroxylation is 2. The first kappa shape index (κ1) is 22.4. The molecule has 0 saturated carbocycles. The Balaban J connectivity index is 1.57. The molecule has 0 aliphatic carbocycles. The highest BCUT2D eigenvalue weighted by Gasteiger charge is 2.15. The van der Waals surface area contributed by atoms with E-state index in [0.717, 1.165) is 16.9 Å². The summed E-state index contributed by atoms with van der Waals surface area (Å²) in [7, 11) is -3.69. The van der Waals surface area contributed by atoms with E-state index in [2.05, 4.69) is 10.0 Å². The average Bonchev–Trinajstić information content (AvgIpc) is 2.73. The fourth-order valence-corrected chi connectivity index (χ4v) is 3.96. The number of rotatable bonds is 8. The monoisotopic (exact) mass is 438 g/mol. The molecule has 0 unspecified atom stereocenters. The van der Waals surface area contributed by atoms with Gasteiger partial charge in [-0.2, -0.15) is 0 Å². The maximum atomic E-state index is 12.5. The van der Waals surface area contributed by atoms with E-state index in [9.17, 15) is 13.2 Å². The zero-order valence-corrected chi connectivity index (χ0v) is 18.6. The van der Waals surface area contributed by atoms with Gasteiger partial charge in [-0.3, -0.25) is 9.52 Å². The van der Waals surface area contributed by atoms with Crippen LogP contribution in [0.1, 0.15) is 28.4 Å². The number of nitrogens with one attached hydrogen (secondary N) is 2. The molecule has 31 heavy (non-hydrogen) atoms. The fraction of sp³-hybridized carbons (Fsp3) is 0.208. The van der Waals surface area contributed by atoms with Crippen LogP contribution in [-0.2, 0) is 10.0 Å². The van der Waals surface area contributed by atoms with Gasteiger partial charge in [-0.05, 0) is 68.8 Å². The predicted octanol–water partition coefficient (Wildman–Crippen LogP) is 4.30. The molecule has 1 amide bonds. The van der Waals surface area contributed by atoms with Crippen molar-refractivity contribution in [1.29, 1.82) is 0 Å². The van der Waals surface area contributed by atoms with Gasteiger partial charge in [0.1, 0.15) is 12.4 Å². The summed E-state index contributed by atoms with van der Waals surface area (Å²) in [6.07, 6.45) is 0. The van der Waals surface area contributed by atoms with Gasteiger partial charge in [0.2, 0.25) is 0 Å². The summed E-state index contributed by atoms with van der Waals surface area (Å²) < 4.78 is 33.3. The summed E-state index contributed by atoms with van der Waals surface area (Å²) in [5, 5.41) is 2.88. The molecule has 162 valence electrons. The van der Waals surface area contributed by atoms with Crippen molar-refractivity contribution in [2.45, 2.75) is 31.7 Å². The summed E-state index contributed by atoms with van der Waals surface area (Å²) in [4.78, 5) is 12.7. The van der Waals surface area contributed by atoms with Crippen molar-refractivity contribution in [2.24, 2.45) is 0 Å². The lowest BCUT2D eigenvalue weighted by Crippen LogP contribution is -2.36. The van der Waals surface area contributed by atoms with Crippen LogP contribution in [0, 0.1) is 13.8 Å². The molecule has 0 bridgehead atoms.